The molecular weight excluding hydrogens is 542 g/mol. The Kier molecular flexibility index (Phi) is 9.65. The van der Waals surface area contributed by atoms with Crippen molar-refractivity contribution in [3.63, 3.8) is 0 Å². The molecule has 43 heavy (non-hydrogen) atoms. The average molecular weight is 584 g/mol. The third kappa shape index (κ3) is 7.85. The van der Waals surface area contributed by atoms with Gasteiger partial charge in [0.15, 0.2) is 11.6 Å². The van der Waals surface area contributed by atoms with Crippen molar-refractivity contribution in [1.29, 1.82) is 0 Å². The van der Waals surface area contributed by atoms with E-state index in [0.717, 1.165) is 30.9 Å². The molecule has 7 heteroatoms. The number of nitrogens with one attached hydrogen (secondary N) is 1. The molecule has 0 bridgehead atoms. The zero-order valence-electron chi connectivity index (χ0n) is 25.4. The van der Waals surface area contributed by atoms with Crippen LogP contribution in [-0.2, 0) is 10.2 Å². The number of carbonyl (C=O) groups excluding carboxylic acids is 3. The van der Waals surface area contributed by atoms with Crippen LogP contribution in [0.3, 0.4) is 0 Å². The first-order valence-corrected chi connectivity index (χ1v) is 14.9. The van der Waals surface area contributed by atoms with Gasteiger partial charge in [-0.05, 0) is 59.9 Å². The van der Waals surface area contributed by atoms with E-state index in [4.69, 9.17) is 5.11 Å². The molecule has 1 aliphatic rings. The summed E-state index contributed by atoms with van der Waals surface area (Å²) in [5.74, 6) is -3.00. The van der Waals surface area contributed by atoms with Gasteiger partial charge in [-0.15, -0.1) is 0 Å². The maximum Gasteiger partial charge on any atom is 0.356 e. The molecule has 3 aromatic carbocycles. The number of carboxylic acid groups (broad SMARTS) is 1. The number of carboxylic acids is 1. The van der Waals surface area contributed by atoms with Crippen LogP contribution in [0.25, 0.3) is 0 Å². The summed E-state index contributed by atoms with van der Waals surface area (Å²) in [6, 6.07) is 21.4. The fourth-order valence-electron chi connectivity index (χ4n) is 5.59. The van der Waals surface area contributed by atoms with Crippen molar-refractivity contribution in [1.82, 2.24) is 5.32 Å². The molecule has 7 nitrogen and oxygen atoms in total. The van der Waals surface area contributed by atoms with Crippen molar-refractivity contribution in [2.24, 2.45) is 0 Å². The van der Waals surface area contributed by atoms with E-state index in [1.165, 1.54) is 49.1 Å². The Morgan fingerprint density at radius 3 is 1.84 bits per heavy atom. The van der Waals surface area contributed by atoms with Crippen molar-refractivity contribution >= 4 is 23.4 Å². The van der Waals surface area contributed by atoms with E-state index in [9.17, 15) is 24.3 Å². The second-order valence-electron chi connectivity index (χ2n) is 12.8. The number of ketones is 2. The average Bonchev–Trinajstić information content (AvgIpc) is 2.99. The second-order valence-corrected chi connectivity index (χ2v) is 12.8. The lowest BCUT2D eigenvalue weighted by atomic mass is 9.81. The van der Waals surface area contributed by atoms with Crippen LogP contribution in [-0.4, -0.2) is 39.4 Å². The molecule has 2 atom stereocenters. The van der Waals surface area contributed by atoms with Crippen LogP contribution in [0.2, 0.25) is 0 Å². The number of benzene rings is 3. The lowest BCUT2D eigenvalue weighted by Gasteiger charge is -2.23. The molecule has 0 saturated heterocycles. The molecule has 0 spiro atoms. The van der Waals surface area contributed by atoms with Crippen LogP contribution >= 0.6 is 0 Å². The highest BCUT2D eigenvalue weighted by Gasteiger charge is 2.32. The molecular formula is C36H41NO6. The summed E-state index contributed by atoms with van der Waals surface area (Å²) in [6.45, 7) is 7.29. The predicted molar refractivity (Wildman–Crippen MR) is 166 cm³/mol. The molecule has 0 aliphatic heterocycles. The molecule has 3 N–H and O–H groups in total. The highest BCUT2D eigenvalue weighted by Crippen LogP contribution is 2.34. The lowest BCUT2D eigenvalue weighted by molar-refractivity contribution is -0.158. The van der Waals surface area contributed by atoms with Crippen molar-refractivity contribution < 1.29 is 29.4 Å². The summed E-state index contributed by atoms with van der Waals surface area (Å²) in [4.78, 5) is 51.1. The fourth-order valence-corrected chi connectivity index (χ4v) is 5.59. The fraction of sp³-hybridized carbons (Fsp3) is 0.389. The largest absolute Gasteiger partial charge is 0.478 e. The molecule has 1 amide bonds. The summed E-state index contributed by atoms with van der Waals surface area (Å²) in [5, 5.41) is 21.0. The van der Waals surface area contributed by atoms with Crippen LogP contribution in [0, 0.1) is 0 Å². The highest BCUT2D eigenvalue weighted by atomic mass is 16.4. The van der Waals surface area contributed by atoms with Gasteiger partial charge in [-0.25, -0.2) is 4.79 Å². The quantitative estimate of drug-likeness (QED) is 0.178. The van der Waals surface area contributed by atoms with Crippen LogP contribution in [0.15, 0.2) is 72.8 Å². The van der Waals surface area contributed by atoms with E-state index in [1.54, 1.807) is 0 Å². The van der Waals surface area contributed by atoms with Gasteiger partial charge in [-0.2, -0.15) is 0 Å². The lowest BCUT2D eigenvalue weighted by Crippen LogP contribution is -2.52. The summed E-state index contributed by atoms with van der Waals surface area (Å²) >= 11 is 0. The van der Waals surface area contributed by atoms with Gasteiger partial charge in [0.05, 0.1) is 5.92 Å². The first-order chi connectivity index (χ1) is 20.3. The molecule has 226 valence electrons. The van der Waals surface area contributed by atoms with E-state index in [-0.39, 0.29) is 29.0 Å². The summed E-state index contributed by atoms with van der Waals surface area (Å²) in [7, 11) is 0. The first-order valence-electron chi connectivity index (χ1n) is 14.9. The Morgan fingerprint density at radius 1 is 0.767 bits per heavy atom. The van der Waals surface area contributed by atoms with Gasteiger partial charge in [0.2, 0.25) is 5.72 Å². The summed E-state index contributed by atoms with van der Waals surface area (Å²) in [5.41, 5.74) is 1.58. The minimum Gasteiger partial charge on any atom is -0.478 e. The van der Waals surface area contributed by atoms with E-state index >= 15 is 0 Å². The van der Waals surface area contributed by atoms with Gasteiger partial charge < -0.3 is 15.5 Å². The molecule has 4 rings (SSSR count). The molecule has 0 radical (unpaired) electrons. The minimum absolute atomic E-state index is 0.0137. The molecule has 3 aromatic rings. The highest BCUT2D eigenvalue weighted by molar-refractivity contribution is 6.06. The third-order valence-electron chi connectivity index (χ3n) is 8.40. The Labute approximate surface area is 253 Å². The molecule has 0 aromatic heterocycles. The van der Waals surface area contributed by atoms with Crippen LogP contribution in [0.4, 0.5) is 0 Å². The van der Waals surface area contributed by atoms with Gasteiger partial charge in [0, 0.05) is 23.1 Å². The SMILES string of the molecule is CC(C)(C)c1ccc(C(=O)CC(C(=O)c2ccc(C(=O)N[C@](C)(O)C(=O)O)cc2)c2ccc(C3CCCCC3)cc2)cc1. The minimum atomic E-state index is -2.44. The van der Waals surface area contributed by atoms with Gasteiger partial charge in [-0.1, -0.05) is 101 Å². The van der Waals surface area contributed by atoms with Crippen LogP contribution < -0.4 is 5.32 Å². The number of carbonyl (C=O) groups is 4. The monoisotopic (exact) mass is 583 g/mol. The van der Waals surface area contributed by atoms with Gasteiger partial charge in [0.1, 0.15) is 0 Å². The number of Topliss-reactive ketones (excluding diaryl/α,β-unsaturated/α-hetero) is 2. The van der Waals surface area contributed by atoms with Crippen LogP contribution in [0.5, 0.6) is 0 Å². The van der Waals surface area contributed by atoms with Gasteiger partial charge in [0.25, 0.3) is 5.91 Å². The van der Waals surface area contributed by atoms with E-state index in [0.29, 0.717) is 17.0 Å². The van der Waals surface area contributed by atoms with E-state index in [1.807, 2.05) is 41.7 Å². The topological polar surface area (TPSA) is 121 Å². The smallest absolute Gasteiger partial charge is 0.356 e. The normalized spacial score (nSPS) is 16.1. The summed E-state index contributed by atoms with van der Waals surface area (Å²) < 4.78 is 0. The van der Waals surface area contributed by atoms with Crippen molar-refractivity contribution in [3.05, 3.63) is 106 Å². The number of aliphatic hydroxyl groups is 1. The Balaban J connectivity index is 1.60. The van der Waals surface area contributed by atoms with Gasteiger partial charge in [-0.3, -0.25) is 14.4 Å². The predicted octanol–water partition coefficient (Wildman–Crippen LogP) is 6.79. The number of amides is 1. The van der Waals surface area contributed by atoms with Crippen molar-refractivity contribution in [2.75, 3.05) is 0 Å². The Morgan fingerprint density at radius 2 is 1.30 bits per heavy atom. The van der Waals surface area contributed by atoms with E-state index < -0.39 is 23.5 Å². The molecule has 0 heterocycles. The molecule has 1 aliphatic carbocycles. The van der Waals surface area contributed by atoms with Crippen LogP contribution in [0.1, 0.15) is 126 Å². The standard InChI is InChI=1S/C36H41NO6/c1-35(2,3)29-20-18-26(19-21-29)31(38)22-30(25-12-10-24(11-13-25)23-8-6-5-7-9-23)32(39)27-14-16-28(17-15-27)33(40)37-36(4,43)34(41)42/h10-21,23,30,43H,5-9,22H2,1-4H3,(H,37,40)(H,41,42)/t30?,36-/m1/s1. The first kappa shape index (κ1) is 31.8. The summed E-state index contributed by atoms with van der Waals surface area (Å²) in [6.07, 6.45) is 6.01. The maximum atomic E-state index is 13.9. The number of rotatable bonds is 10. The zero-order valence-corrected chi connectivity index (χ0v) is 25.4. The van der Waals surface area contributed by atoms with Gasteiger partial charge >= 0.3 is 5.97 Å². The molecule has 1 saturated carbocycles. The molecule has 1 fully saturated rings. The number of aliphatic carboxylic acids is 1. The van der Waals surface area contributed by atoms with Crippen molar-refractivity contribution in [3.8, 4) is 0 Å². The van der Waals surface area contributed by atoms with E-state index in [2.05, 4.69) is 32.9 Å². The Hall–Kier alpha value is -4.10. The Bertz CT molecular complexity index is 1460. The third-order valence-corrected chi connectivity index (χ3v) is 8.40. The second kappa shape index (κ2) is 13.0. The molecule has 1 unspecified atom stereocenters. The van der Waals surface area contributed by atoms with Crippen molar-refractivity contribution in [2.45, 2.75) is 89.2 Å². The maximum absolute atomic E-state index is 13.9. The number of hydrogen-bond acceptors (Lipinski definition) is 5. The number of hydrogen-bond donors (Lipinski definition) is 3. The zero-order chi connectivity index (χ0) is 31.4.